The van der Waals surface area contributed by atoms with Gasteiger partial charge in [-0.1, -0.05) is 84.6 Å². The summed E-state index contributed by atoms with van der Waals surface area (Å²) in [6.07, 6.45) is 1.86. The molecule has 0 atom stereocenters. The maximum atomic E-state index is 12.8. The van der Waals surface area contributed by atoms with E-state index in [0.717, 1.165) is 22.6 Å². The van der Waals surface area contributed by atoms with Gasteiger partial charge < -0.3 is 4.74 Å². The van der Waals surface area contributed by atoms with E-state index in [2.05, 4.69) is 0 Å². The van der Waals surface area contributed by atoms with Gasteiger partial charge in [0, 0.05) is 0 Å². The number of hydrogen-bond acceptors (Lipinski definition) is 4. The number of nitrogens with zero attached hydrogens (tertiary/aromatic N) is 1. The van der Waals surface area contributed by atoms with Crippen molar-refractivity contribution in [3.8, 4) is 5.75 Å². The lowest BCUT2D eigenvalue weighted by atomic mass is 10.2. The van der Waals surface area contributed by atoms with Crippen LogP contribution in [0.1, 0.15) is 11.1 Å². The van der Waals surface area contributed by atoms with Crippen LogP contribution in [0, 0.1) is 0 Å². The second kappa shape index (κ2) is 8.42. The van der Waals surface area contributed by atoms with Gasteiger partial charge in [0.2, 0.25) is 0 Å². The van der Waals surface area contributed by atoms with Gasteiger partial charge in [0.15, 0.2) is 4.32 Å². The van der Waals surface area contributed by atoms with Crippen LogP contribution in [0.25, 0.3) is 6.08 Å². The lowest BCUT2D eigenvalue weighted by Gasteiger charge is -2.13. The molecule has 1 aliphatic rings. The summed E-state index contributed by atoms with van der Waals surface area (Å²) < 4.78 is 6.42. The molecule has 3 aromatic rings. The molecule has 1 amide bonds. The van der Waals surface area contributed by atoms with Crippen molar-refractivity contribution < 1.29 is 9.53 Å². The van der Waals surface area contributed by atoms with E-state index in [-0.39, 0.29) is 5.91 Å². The van der Waals surface area contributed by atoms with Gasteiger partial charge in [-0.3, -0.25) is 9.69 Å². The van der Waals surface area contributed by atoms with E-state index in [4.69, 9.17) is 17.0 Å². The Morgan fingerprint density at radius 3 is 2.39 bits per heavy atom. The van der Waals surface area contributed by atoms with E-state index >= 15 is 0 Å². The highest BCUT2D eigenvalue weighted by atomic mass is 32.2. The van der Waals surface area contributed by atoms with Crippen molar-refractivity contribution in [3.05, 3.63) is 101 Å². The summed E-state index contributed by atoms with van der Waals surface area (Å²) in [6, 6.07) is 27.2. The highest BCUT2D eigenvalue weighted by Gasteiger charge is 2.33. The highest BCUT2D eigenvalue weighted by Crippen LogP contribution is 2.36. The lowest BCUT2D eigenvalue weighted by Crippen LogP contribution is -2.27. The standard InChI is InChI=1S/C23H17NO2S2/c25-22-21(28-23(27)24(22)19-11-5-2-6-12-19)15-18-10-7-13-20(14-18)26-16-17-8-3-1-4-9-17/h1-15H,16H2. The summed E-state index contributed by atoms with van der Waals surface area (Å²) in [7, 11) is 0. The van der Waals surface area contributed by atoms with Gasteiger partial charge in [-0.05, 0) is 41.5 Å². The zero-order valence-electron chi connectivity index (χ0n) is 14.9. The molecule has 0 N–H and O–H groups in total. The zero-order chi connectivity index (χ0) is 19.3. The minimum absolute atomic E-state index is 0.100. The number of rotatable bonds is 5. The van der Waals surface area contributed by atoms with Crippen LogP contribution in [0.3, 0.4) is 0 Å². The van der Waals surface area contributed by atoms with E-state index in [1.807, 2.05) is 91.0 Å². The monoisotopic (exact) mass is 403 g/mol. The summed E-state index contributed by atoms with van der Waals surface area (Å²) in [4.78, 5) is 15.0. The van der Waals surface area contributed by atoms with Gasteiger partial charge >= 0.3 is 0 Å². The van der Waals surface area contributed by atoms with Crippen LogP contribution in [0.15, 0.2) is 89.8 Å². The normalized spacial score (nSPS) is 15.3. The Morgan fingerprint density at radius 2 is 1.64 bits per heavy atom. The van der Waals surface area contributed by atoms with Gasteiger partial charge in [0.25, 0.3) is 5.91 Å². The summed E-state index contributed by atoms with van der Waals surface area (Å²) in [5.41, 5.74) is 2.80. The molecule has 5 heteroatoms. The fraction of sp³-hybridized carbons (Fsp3) is 0.0435. The number of ether oxygens (including phenoxy) is 1. The number of anilines is 1. The van der Waals surface area contributed by atoms with E-state index in [9.17, 15) is 4.79 Å². The minimum atomic E-state index is -0.100. The molecule has 0 radical (unpaired) electrons. The molecule has 1 aliphatic heterocycles. The van der Waals surface area contributed by atoms with Crippen molar-refractivity contribution in [2.24, 2.45) is 0 Å². The molecule has 4 rings (SSSR count). The number of thiocarbonyl (C=S) groups is 1. The van der Waals surface area contributed by atoms with Crippen molar-refractivity contribution >= 4 is 46.0 Å². The molecule has 0 unspecified atom stereocenters. The van der Waals surface area contributed by atoms with Crippen molar-refractivity contribution in [2.45, 2.75) is 6.61 Å². The van der Waals surface area contributed by atoms with Crippen molar-refractivity contribution in [1.29, 1.82) is 0 Å². The largest absolute Gasteiger partial charge is 0.489 e. The smallest absolute Gasteiger partial charge is 0.270 e. The second-order valence-corrected chi connectivity index (χ2v) is 7.88. The number of carbonyl (C=O) groups is 1. The van der Waals surface area contributed by atoms with Gasteiger partial charge in [-0.2, -0.15) is 0 Å². The molecule has 3 aromatic carbocycles. The Labute approximate surface area is 173 Å². The first kappa shape index (κ1) is 18.5. The van der Waals surface area contributed by atoms with E-state index < -0.39 is 0 Å². The summed E-state index contributed by atoms with van der Waals surface area (Å²) >= 11 is 6.73. The number of thioether (sulfide) groups is 1. The van der Waals surface area contributed by atoms with Crippen LogP contribution < -0.4 is 9.64 Å². The molecule has 0 bridgehead atoms. The third kappa shape index (κ3) is 4.16. The Hall–Kier alpha value is -2.89. The van der Waals surface area contributed by atoms with E-state index in [1.165, 1.54) is 11.8 Å². The quantitative estimate of drug-likeness (QED) is 0.405. The second-order valence-electron chi connectivity index (χ2n) is 6.20. The molecule has 1 fully saturated rings. The maximum absolute atomic E-state index is 12.8. The number of benzene rings is 3. The zero-order valence-corrected chi connectivity index (χ0v) is 16.6. The predicted octanol–water partition coefficient (Wildman–Crippen LogP) is 5.67. The first-order chi connectivity index (χ1) is 13.7. The average Bonchev–Trinajstić information content (AvgIpc) is 3.01. The highest BCUT2D eigenvalue weighted by molar-refractivity contribution is 8.27. The molecule has 0 saturated carbocycles. The molecule has 1 saturated heterocycles. The third-order valence-electron chi connectivity index (χ3n) is 4.21. The summed E-state index contributed by atoms with van der Waals surface area (Å²) in [6.45, 7) is 0.500. The lowest BCUT2D eigenvalue weighted by molar-refractivity contribution is -0.113. The van der Waals surface area contributed by atoms with E-state index in [0.29, 0.717) is 15.8 Å². The van der Waals surface area contributed by atoms with Gasteiger partial charge in [-0.25, -0.2) is 0 Å². The minimum Gasteiger partial charge on any atom is -0.489 e. The first-order valence-corrected chi connectivity index (χ1v) is 10.0. The van der Waals surface area contributed by atoms with Crippen molar-refractivity contribution in [1.82, 2.24) is 0 Å². The Kier molecular flexibility index (Phi) is 5.55. The van der Waals surface area contributed by atoms with E-state index in [1.54, 1.807) is 4.90 Å². The van der Waals surface area contributed by atoms with Crippen LogP contribution in [-0.2, 0) is 11.4 Å². The molecule has 28 heavy (non-hydrogen) atoms. The van der Waals surface area contributed by atoms with Crippen LogP contribution in [0.5, 0.6) is 5.75 Å². The molecule has 1 heterocycles. The first-order valence-electron chi connectivity index (χ1n) is 8.80. The molecular weight excluding hydrogens is 386 g/mol. The fourth-order valence-corrected chi connectivity index (χ4v) is 4.15. The maximum Gasteiger partial charge on any atom is 0.270 e. The molecule has 3 nitrogen and oxygen atoms in total. The Bertz CT molecular complexity index is 1030. The fourth-order valence-electron chi connectivity index (χ4n) is 2.85. The number of carbonyl (C=O) groups excluding carboxylic acids is 1. The van der Waals surface area contributed by atoms with Gasteiger partial charge in [-0.15, -0.1) is 0 Å². The molecule has 138 valence electrons. The number of hydrogen-bond donors (Lipinski definition) is 0. The summed E-state index contributed by atoms with van der Waals surface area (Å²) in [5.74, 6) is 0.660. The topological polar surface area (TPSA) is 29.5 Å². The Morgan fingerprint density at radius 1 is 0.929 bits per heavy atom. The van der Waals surface area contributed by atoms with Crippen molar-refractivity contribution in [2.75, 3.05) is 4.90 Å². The van der Waals surface area contributed by atoms with Crippen molar-refractivity contribution in [3.63, 3.8) is 0 Å². The predicted molar refractivity (Wildman–Crippen MR) is 119 cm³/mol. The molecule has 0 aromatic heterocycles. The SMILES string of the molecule is O=C1C(=Cc2cccc(OCc3ccccc3)c2)SC(=S)N1c1ccccc1. The molecular formula is C23H17NO2S2. The number of amides is 1. The van der Waals surface area contributed by atoms with Gasteiger partial charge in [0.1, 0.15) is 12.4 Å². The number of para-hydroxylation sites is 1. The average molecular weight is 404 g/mol. The van der Waals surface area contributed by atoms with Gasteiger partial charge in [0.05, 0.1) is 10.6 Å². The Balaban J connectivity index is 1.51. The third-order valence-corrected chi connectivity index (χ3v) is 5.51. The molecule has 0 aliphatic carbocycles. The van der Waals surface area contributed by atoms with Crippen LogP contribution in [0.4, 0.5) is 5.69 Å². The van der Waals surface area contributed by atoms with Crippen LogP contribution in [0.2, 0.25) is 0 Å². The molecule has 0 spiro atoms. The van der Waals surface area contributed by atoms with Crippen LogP contribution in [-0.4, -0.2) is 10.2 Å². The van der Waals surface area contributed by atoms with Crippen LogP contribution >= 0.6 is 24.0 Å². The summed E-state index contributed by atoms with van der Waals surface area (Å²) in [5, 5.41) is 0.